The van der Waals surface area contributed by atoms with Gasteiger partial charge in [-0.2, -0.15) is 0 Å². The van der Waals surface area contributed by atoms with Crippen LogP contribution in [0.3, 0.4) is 0 Å². The molecule has 17 heavy (non-hydrogen) atoms. The molecule has 94 valence electrons. The van der Waals surface area contributed by atoms with E-state index in [4.69, 9.17) is 5.11 Å². The van der Waals surface area contributed by atoms with E-state index in [2.05, 4.69) is 5.32 Å². The second kappa shape index (κ2) is 6.37. The van der Waals surface area contributed by atoms with Crippen molar-refractivity contribution >= 4 is 5.97 Å². The number of aliphatic hydroxyl groups is 1. The molecule has 3 unspecified atom stereocenters. The molecule has 1 rings (SSSR count). The van der Waals surface area contributed by atoms with Crippen LogP contribution < -0.4 is 5.32 Å². The molecule has 4 nitrogen and oxygen atoms in total. The smallest absolute Gasteiger partial charge is 0.325 e. The summed E-state index contributed by atoms with van der Waals surface area (Å²) in [7, 11) is 0. The maximum Gasteiger partial charge on any atom is 0.325 e. The predicted octanol–water partition coefficient (Wildman–Crippen LogP) is 1.42. The minimum Gasteiger partial charge on any atom is -0.480 e. The highest BCUT2D eigenvalue weighted by Gasteiger charge is 2.23. The Morgan fingerprint density at radius 1 is 1.29 bits per heavy atom. The average molecular weight is 237 g/mol. The summed E-state index contributed by atoms with van der Waals surface area (Å²) in [5.41, 5.74) is 0.719. The van der Waals surface area contributed by atoms with Crippen molar-refractivity contribution in [3.63, 3.8) is 0 Å². The zero-order valence-corrected chi connectivity index (χ0v) is 10.1. The zero-order chi connectivity index (χ0) is 12.8. The monoisotopic (exact) mass is 237 g/mol. The Morgan fingerprint density at radius 3 is 2.35 bits per heavy atom. The van der Waals surface area contributed by atoms with E-state index in [-0.39, 0.29) is 18.6 Å². The van der Waals surface area contributed by atoms with Gasteiger partial charge in [-0.25, -0.2) is 0 Å². The molecule has 1 aromatic carbocycles. The summed E-state index contributed by atoms with van der Waals surface area (Å²) < 4.78 is 0. The molecule has 0 aliphatic rings. The Kier molecular flexibility index (Phi) is 5.12. The van der Waals surface area contributed by atoms with Crippen molar-refractivity contribution in [2.75, 3.05) is 6.61 Å². The first-order valence-corrected chi connectivity index (χ1v) is 5.71. The fourth-order valence-corrected chi connectivity index (χ4v) is 1.54. The summed E-state index contributed by atoms with van der Waals surface area (Å²) >= 11 is 0. The van der Waals surface area contributed by atoms with Crippen molar-refractivity contribution in [1.29, 1.82) is 0 Å². The van der Waals surface area contributed by atoms with Crippen LogP contribution in [0.5, 0.6) is 0 Å². The number of aliphatic hydroxyl groups excluding tert-OH is 1. The lowest BCUT2D eigenvalue weighted by Gasteiger charge is -2.24. The SMILES string of the molecule is CC(CO)C(C)NC(C(=O)O)c1ccccc1. The minimum absolute atomic E-state index is 0.0144. The number of rotatable bonds is 6. The highest BCUT2D eigenvalue weighted by Crippen LogP contribution is 2.15. The lowest BCUT2D eigenvalue weighted by Crippen LogP contribution is -2.40. The minimum atomic E-state index is -0.909. The van der Waals surface area contributed by atoms with E-state index in [1.54, 1.807) is 12.1 Å². The third-order valence-electron chi connectivity index (χ3n) is 2.95. The summed E-state index contributed by atoms with van der Waals surface area (Å²) in [5.74, 6) is -0.895. The molecule has 3 N–H and O–H groups in total. The van der Waals surface area contributed by atoms with Crippen molar-refractivity contribution in [2.24, 2.45) is 5.92 Å². The topological polar surface area (TPSA) is 69.6 Å². The Bertz CT molecular complexity index is 353. The van der Waals surface area contributed by atoms with Crippen molar-refractivity contribution in [1.82, 2.24) is 5.32 Å². The van der Waals surface area contributed by atoms with Crippen molar-refractivity contribution in [3.05, 3.63) is 35.9 Å². The molecule has 0 amide bonds. The van der Waals surface area contributed by atoms with Gasteiger partial charge >= 0.3 is 5.97 Å². The maximum atomic E-state index is 11.2. The van der Waals surface area contributed by atoms with E-state index in [0.29, 0.717) is 0 Å². The standard InChI is InChI=1S/C13H19NO3/c1-9(8-15)10(2)14-12(13(16)17)11-6-4-3-5-7-11/h3-7,9-10,12,14-15H,8H2,1-2H3,(H,16,17). The summed E-state index contributed by atoms with van der Waals surface area (Å²) in [6.45, 7) is 3.79. The molecule has 0 fully saturated rings. The number of benzene rings is 1. The van der Waals surface area contributed by atoms with Crippen LogP contribution in [0, 0.1) is 5.92 Å². The molecular formula is C13H19NO3. The summed E-state index contributed by atoms with van der Waals surface area (Å²) in [4.78, 5) is 11.2. The van der Waals surface area contributed by atoms with E-state index in [9.17, 15) is 9.90 Å². The van der Waals surface area contributed by atoms with Gasteiger partial charge in [0.2, 0.25) is 0 Å². The molecule has 0 bridgehead atoms. The largest absolute Gasteiger partial charge is 0.480 e. The second-order valence-electron chi connectivity index (χ2n) is 4.30. The second-order valence-corrected chi connectivity index (χ2v) is 4.30. The Labute approximate surface area is 101 Å². The van der Waals surface area contributed by atoms with Crippen LogP contribution in [0.15, 0.2) is 30.3 Å². The van der Waals surface area contributed by atoms with Gasteiger partial charge in [-0.05, 0) is 18.4 Å². The van der Waals surface area contributed by atoms with Crippen molar-refractivity contribution < 1.29 is 15.0 Å². The molecule has 0 spiro atoms. The number of carboxylic acids is 1. The normalized spacial score (nSPS) is 16.2. The number of hydrogen-bond acceptors (Lipinski definition) is 3. The van der Waals surface area contributed by atoms with Gasteiger partial charge in [0.05, 0.1) is 0 Å². The number of aliphatic carboxylic acids is 1. The quantitative estimate of drug-likeness (QED) is 0.700. The third kappa shape index (κ3) is 3.84. The highest BCUT2D eigenvalue weighted by molar-refractivity contribution is 5.75. The van der Waals surface area contributed by atoms with Crippen LogP contribution in [0.4, 0.5) is 0 Å². The van der Waals surface area contributed by atoms with Crippen LogP contribution in [-0.4, -0.2) is 28.8 Å². The van der Waals surface area contributed by atoms with Crippen LogP contribution in [0.2, 0.25) is 0 Å². The summed E-state index contributed by atoms with van der Waals surface area (Å²) in [5, 5.41) is 21.3. The fraction of sp³-hybridized carbons (Fsp3) is 0.462. The van der Waals surface area contributed by atoms with Gasteiger partial charge in [-0.3, -0.25) is 10.1 Å². The van der Waals surface area contributed by atoms with Gasteiger partial charge in [-0.15, -0.1) is 0 Å². The molecular weight excluding hydrogens is 218 g/mol. The van der Waals surface area contributed by atoms with Crippen molar-refractivity contribution in [2.45, 2.75) is 25.9 Å². The van der Waals surface area contributed by atoms with Crippen LogP contribution in [0.1, 0.15) is 25.5 Å². The summed E-state index contributed by atoms with van der Waals surface area (Å²) in [6, 6.07) is 8.23. The zero-order valence-electron chi connectivity index (χ0n) is 10.1. The first-order chi connectivity index (χ1) is 8.06. The van der Waals surface area contributed by atoms with Gasteiger partial charge in [0, 0.05) is 12.6 Å². The molecule has 0 aliphatic carbocycles. The Morgan fingerprint density at radius 2 is 1.88 bits per heavy atom. The maximum absolute atomic E-state index is 11.2. The number of hydrogen-bond donors (Lipinski definition) is 3. The molecule has 0 saturated carbocycles. The van der Waals surface area contributed by atoms with Gasteiger partial charge in [0.1, 0.15) is 6.04 Å². The first kappa shape index (κ1) is 13.7. The average Bonchev–Trinajstić information content (AvgIpc) is 2.35. The lowest BCUT2D eigenvalue weighted by molar-refractivity contribution is -0.140. The summed E-state index contributed by atoms with van der Waals surface area (Å²) in [6.07, 6.45) is 0. The highest BCUT2D eigenvalue weighted by atomic mass is 16.4. The van der Waals surface area contributed by atoms with Gasteiger partial charge in [0.15, 0.2) is 0 Å². The molecule has 1 aromatic rings. The Balaban J connectivity index is 2.78. The number of carbonyl (C=O) groups is 1. The lowest BCUT2D eigenvalue weighted by atomic mass is 10.0. The van der Waals surface area contributed by atoms with Gasteiger partial charge in [0.25, 0.3) is 0 Å². The number of nitrogens with one attached hydrogen (secondary N) is 1. The van der Waals surface area contributed by atoms with Crippen LogP contribution >= 0.6 is 0 Å². The van der Waals surface area contributed by atoms with E-state index in [1.165, 1.54) is 0 Å². The fourth-order valence-electron chi connectivity index (χ4n) is 1.54. The van der Waals surface area contributed by atoms with E-state index in [0.717, 1.165) is 5.56 Å². The van der Waals surface area contributed by atoms with Gasteiger partial charge in [-0.1, -0.05) is 37.3 Å². The molecule has 0 saturated heterocycles. The van der Waals surface area contributed by atoms with Gasteiger partial charge < -0.3 is 10.2 Å². The Hall–Kier alpha value is -1.39. The molecule has 0 aromatic heterocycles. The predicted molar refractivity (Wildman–Crippen MR) is 65.7 cm³/mol. The molecule has 0 heterocycles. The van der Waals surface area contributed by atoms with Crippen LogP contribution in [-0.2, 0) is 4.79 Å². The molecule has 3 atom stereocenters. The van der Waals surface area contributed by atoms with E-state index < -0.39 is 12.0 Å². The van der Waals surface area contributed by atoms with Crippen molar-refractivity contribution in [3.8, 4) is 0 Å². The molecule has 0 aliphatic heterocycles. The molecule has 0 radical (unpaired) electrons. The molecule has 4 heteroatoms. The number of carboxylic acid groups (broad SMARTS) is 1. The van der Waals surface area contributed by atoms with E-state index in [1.807, 2.05) is 32.0 Å². The van der Waals surface area contributed by atoms with Crippen LogP contribution in [0.25, 0.3) is 0 Å². The first-order valence-electron chi connectivity index (χ1n) is 5.71. The third-order valence-corrected chi connectivity index (χ3v) is 2.95. The van der Waals surface area contributed by atoms with E-state index >= 15 is 0 Å².